The summed E-state index contributed by atoms with van der Waals surface area (Å²) in [5, 5.41) is 7.55. The van der Waals surface area contributed by atoms with Gasteiger partial charge in [-0.1, -0.05) is 29.7 Å². The van der Waals surface area contributed by atoms with Gasteiger partial charge in [-0.2, -0.15) is 4.98 Å². The third-order valence-electron chi connectivity index (χ3n) is 6.72. The highest BCUT2D eigenvalue weighted by Crippen LogP contribution is 2.41. The van der Waals surface area contributed by atoms with Gasteiger partial charge in [-0.05, 0) is 56.9 Å². The zero-order valence-electron chi connectivity index (χ0n) is 22.3. The Balaban J connectivity index is 1.36. The third-order valence-corrected chi connectivity index (χ3v) is 8.55. The van der Waals surface area contributed by atoms with Gasteiger partial charge in [0.25, 0.3) is 5.91 Å². The Morgan fingerprint density at radius 1 is 1.21 bits per heavy atom. The summed E-state index contributed by atoms with van der Waals surface area (Å²) in [7, 11) is -2.52. The van der Waals surface area contributed by atoms with Gasteiger partial charge in [0.2, 0.25) is 5.95 Å². The smallest absolute Gasteiger partial charge is 0.298 e. The maximum atomic E-state index is 12.8. The van der Waals surface area contributed by atoms with Crippen LogP contribution in [0.25, 0.3) is 0 Å². The number of fused-ring (bicyclic) bond motifs is 3. The van der Waals surface area contributed by atoms with Crippen LogP contribution in [0.4, 0.5) is 28.8 Å². The highest BCUT2D eigenvalue weighted by Gasteiger charge is 2.35. The van der Waals surface area contributed by atoms with E-state index >= 15 is 0 Å². The Hall–Kier alpha value is -3.73. The molecule has 9 nitrogen and oxygen atoms in total. The molecule has 11 heteroatoms. The van der Waals surface area contributed by atoms with Gasteiger partial charge in [0.15, 0.2) is 5.82 Å². The molecule has 1 amide bonds. The molecule has 1 aromatic heterocycles. The number of aromatic nitrogens is 2. The molecular formula is C28H30ClN6O3P. The number of rotatable bonds is 5. The molecule has 2 N–H and O–H groups in total. The van der Waals surface area contributed by atoms with Crippen molar-refractivity contribution >= 4 is 58.8 Å². The van der Waals surface area contributed by atoms with Gasteiger partial charge >= 0.3 is 0 Å². The molecule has 1 atom stereocenters. The molecule has 0 spiro atoms. The highest BCUT2D eigenvalue weighted by atomic mass is 35.5. The van der Waals surface area contributed by atoms with Crippen molar-refractivity contribution in [2.75, 3.05) is 55.1 Å². The number of aryl methyl sites for hydroxylation is 1. The number of hydrogen-bond donors (Lipinski definition) is 2. The molecule has 0 unspecified atom stereocenters. The topological polar surface area (TPSA) is 99.7 Å². The number of hydrogen-bond acceptors (Lipinski definition) is 8. The summed E-state index contributed by atoms with van der Waals surface area (Å²) in [5.41, 5.74) is 3.53. The normalized spacial score (nSPS) is 16.3. The average molecular weight is 565 g/mol. The van der Waals surface area contributed by atoms with E-state index in [9.17, 15) is 9.36 Å². The molecule has 0 saturated carbocycles. The van der Waals surface area contributed by atoms with E-state index in [1.165, 1.54) is 6.20 Å². The summed E-state index contributed by atoms with van der Waals surface area (Å²) in [6.07, 6.45) is 1.52. The monoisotopic (exact) mass is 564 g/mol. The van der Waals surface area contributed by atoms with Gasteiger partial charge in [0.1, 0.15) is 24.5 Å². The van der Waals surface area contributed by atoms with Crippen molar-refractivity contribution in [2.24, 2.45) is 0 Å². The number of amides is 1. The molecular weight excluding hydrogens is 535 g/mol. The summed E-state index contributed by atoms with van der Waals surface area (Å²) in [4.78, 5) is 25.3. The van der Waals surface area contributed by atoms with Crippen LogP contribution in [0.15, 0.2) is 42.6 Å². The van der Waals surface area contributed by atoms with Gasteiger partial charge in [0.05, 0.1) is 23.6 Å². The Morgan fingerprint density at radius 3 is 2.77 bits per heavy atom. The molecule has 202 valence electrons. The van der Waals surface area contributed by atoms with E-state index in [4.69, 9.17) is 16.3 Å². The van der Waals surface area contributed by atoms with Crippen molar-refractivity contribution in [3.63, 3.8) is 0 Å². The number of carbonyl (C=O) groups excluding carboxylic acids is 1. The zero-order chi connectivity index (χ0) is 27.7. The van der Waals surface area contributed by atoms with Crippen LogP contribution in [-0.4, -0.2) is 66.4 Å². The second-order valence-electron chi connectivity index (χ2n) is 9.93. The molecule has 3 heterocycles. The molecule has 1 fully saturated rings. The fraction of sp³-hybridized carbons (Fsp3) is 0.321. The highest BCUT2D eigenvalue weighted by molar-refractivity contribution is 7.70. The quantitative estimate of drug-likeness (QED) is 0.342. The molecule has 2 aliphatic heterocycles. The van der Waals surface area contributed by atoms with Gasteiger partial charge in [-0.3, -0.25) is 4.79 Å². The average Bonchev–Trinajstić information content (AvgIpc) is 2.90. The summed E-state index contributed by atoms with van der Waals surface area (Å²) >= 11 is 6.41. The SMILES string of the molecule is CC#CC(=O)N1CCN2c3c(C)cc(Nc4ncc(Cl)c(Nc5ccccc5P(C)(C)=O)n4)cc3OC[C@@H]2C1. The fourth-order valence-electron chi connectivity index (χ4n) is 4.97. The van der Waals surface area contributed by atoms with Gasteiger partial charge in [0, 0.05) is 36.7 Å². The molecule has 0 aliphatic carbocycles. The van der Waals surface area contributed by atoms with Gasteiger partial charge in [-0.25, -0.2) is 4.98 Å². The Morgan fingerprint density at radius 2 is 2.00 bits per heavy atom. The van der Waals surface area contributed by atoms with Crippen LogP contribution in [-0.2, 0) is 9.36 Å². The maximum absolute atomic E-state index is 12.8. The summed E-state index contributed by atoms with van der Waals surface area (Å²) in [6, 6.07) is 11.5. The first-order chi connectivity index (χ1) is 18.6. The van der Waals surface area contributed by atoms with Crippen LogP contribution < -0.4 is 25.6 Å². The van der Waals surface area contributed by atoms with E-state index < -0.39 is 7.14 Å². The second kappa shape index (κ2) is 10.8. The maximum Gasteiger partial charge on any atom is 0.298 e. The van der Waals surface area contributed by atoms with E-state index in [0.29, 0.717) is 48.7 Å². The van der Waals surface area contributed by atoms with Gasteiger partial charge in [-0.15, -0.1) is 0 Å². The van der Waals surface area contributed by atoms with Crippen molar-refractivity contribution in [1.29, 1.82) is 0 Å². The lowest BCUT2D eigenvalue weighted by Gasteiger charge is -2.45. The third kappa shape index (κ3) is 5.68. The summed E-state index contributed by atoms with van der Waals surface area (Å²) in [6.45, 7) is 9.55. The minimum Gasteiger partial charge on any atom is -0.489 e. The number of anilines is 5. The lowest BCUT2D eigenvalue weighted by atomic mass is 10.0. The van der Waals surface area contributed by atoms with Crippen molar-refractivity contribution in [2.45, 2.75) is 19.9 Å². The molecule has 0 bridgehead atoms. The first-order valence-electron chi connectivity index (χ1n) is 12.6. The number of nitrogens with zero attached hydrogens (tertiary/aromatic N) is 4. The standard InChI is InChI=1S/C28H30ClN6O3P/c1-5-8-25(36)34-11-12-35-20(16-34)17-38-23-14-19(13-18(2)26(23)35)31-28-30-15-21(29)27(33-28)32-22-9-6-7-10-24(22)39(3,4)37/h6-7,9-10,13-15,20H,11-12,16-17H2,1-4H3,(H2,30,31,32,33)/t20-/m0/s1. The van der Waals surface area contributed by atoms with Gasteiger partial charge < -0.3 is 29.7 Å². The first kappa shape index (κ1) is 26.9. The van der Waals surface area contributed by atoms with Crippen LogP contribution >= 0.6 is 18.7 Å². The number of benzene rings is 2. The number of carbonyl (C=O) groups is 1. The van der Waals surface area contributed by atoms with Crippen molar-refractivity contribution in [3.05, 3.63) is 53.2 Å². The largest absolute Gasteiger partial charge is 0.489 e. The van der Waals surface area contributed by atoms with Crippen molar-refractivity contribution in [3.8, 4) is 17.6 Å². The molecule has 2 aromatic carbocycles. The van der Waals surface area contributed by atoms with Crippen LogP contribution in [0.5, 0.6) is 5.75 Å². The number of nitrogens with one attached hydrogen (secondary N) is 2. The van der Waals surface area contributed by atoms with Crippen LogP contribution in [0, 0.1) is 18.8 Å². The lowest BCUT2D eigenvalue weighted by Crippen LogP contribution is -2.58. The number of para-hydroxylation sites is 1. The zero-order valence-corrected chi connectivity index (χ0v) is 23.9. The van der Waals surface area contributed by atoms with E-state index in [-0.39, 0.29) is 11.9 Å². The number of piperazine rings is 1. The predicted octanol–water partition coefficient (Wildman–Crippen LogP) is 4.61. The van der Waals surface area contributed by atoms with E-state index in [2.05, 4.69) is 37.3 Å². The molecule has 5 rings (SSSR count). The second-order valence-corrected chi connectivity index (χ2v) is 13.5. The molecule has 39 heavy (non-hydrogen) atoms. The Labute approximate surface area is 233 Å². The molecule has 1 saturated heterocycles. The van der Waals surface area contributed by atoms with E-state index in [0.717, 1.165) is 28.0 Å². The Bertz CT molecular complexity index is 1550. The van der Waals surface area contributed by atoms with Crippen molar-refractivity contribution < 1.29 is 14.1 Å². The van der Waals surface area contributed by atoms with Crippen molar-refractivity contribution in [1.82, 2.24) is 14.9 Å². The minimum atomic E-state index is -2.52. The van der Waals surface area contributed by atoms with Crippen LogP contribution in [0.1, 0.15) is 12.5 Å². The number of halogens is 1. The Kier molecular flexibility index (Phi) is 7.44. The fourth-order valence-corrected chi connectivity index (χ4v) is 6.26. The molecule has 3 aromatic rings. The van der Waals surface area contributed by atoms with E-state index in [1.54, 1.807) is 25.2 Å². The molecule has 0 radical (unpaired) electrons. The van der Waals surface area contributed by atoms with Crippen LogP contribution in [0.3, 0.4) is 0 Å². The summed E-state index contributed by atoms with van der Waals surface area (Å²) in [5.74, 6) is 6.71. The minimum absolute atomic E-state index is 0.0732. The number of ether oxygens (including phenoxy) is 1. The predicted molar refractivity (Wildman–Crippen MR) is 157 cm³/mol. The lowest BCUT2D eigenvalue weighted by molar-refractivity contribution is -0.126. The van der Waals surface area contributed by atoms with E-state index in [1.807, 2.05) is 43.3 Å². The first-order valence-corrected chi connectivity index (χ1v) is 15.6. The van der Waals surface area contributed by atoms with Crippen LogP contribution in [0.2, 0.25) is 5.02 Å². The summed E-state index contributed by atoms with van der Waals surface area (Å²) < 4.78 is 18.9. The molecule has 2 aliphatic rings.